The van der Waals surface area contributed by atoms with E-state index in [0.717, 1.165) is 18.7 Å². The minimum atomic E-state index is -0.395. The van der Waals surface area contributed by atoms with Crippen molar-refractivity contribution in [3.8, 4) is 5.69 Å². The molecule has 1 unspecified atom stereocenters. The van der Waals surface area contributed by atoms with Gasteiger partial charge in [-0.3, -0.25) is 4.79 Å². The number of morpholine rings is 1. The summed E-state index contributed by atoms with van der Waals surface area (Å²) in [6.07, 6.45) is 1.59. The molecule has 1 saturated heterocycles. The molecule has 2 heterocycles. The monoisotopic (exact) mass is 382 g/mol. The second-order valence-corrected chi connectivity index (χ2v) is 6.94. The Morgan fingerprint density at radius 1 is 1.40 bits per heavy atom. The van der Waals surface area contributed by atoms with Crippen molar-refractivity contribution in [1.82, 2.24) is 14.7 Å². The van der Waals surface area contributed by atoms with Crippen molar-refractivity contribution < 1.29 is 4.74 Å². The molecule has 1 aromatic heterocycles. The van der Waals surface area contributed by atoms with Crippen LogP contribution in [0.5, 0.6) is 0 Å². The van der Waals surface area contributed by atoms with Gasteiger partial charge in [-0.15, -0.1) is 0 Å². The lowest BCUT2D eigenvalue weighted by Crippen LogP contribution is -2.43. The zero-order valence-electron chi connectivity index (χ0n) is 14.1. The third-order valence-electron chi connectivity index (χ3n) is 4.18. The Kier molecular flexibility index (Phi) is 5.64. The predicted octanol–water partition coefficient (Wildman–Crippen LogP) is 2.59. The molecule has 8 heteroatoms. The molecule has 0 bridgehead atoms. The highest BCUT2D eigenvalue weighted by Crippen LogP contribution is 2.20. The topological polar surface area (TPSA) is 59.4 Å². The van der Waals surface area contributed by atoms with E-state index < -0.39 is 5.56 Å². The number of nitrogens with one attached hydrogen (secondary N) is 1. The molecule has 0 saturated carbocycles. The molecule has 1 aromatic carbocycles. The molecule has 0 radical (unpaired) electrons. The summed E-state index contributed by atoms with van der Waals surface area (Å²) in [5.41, 5.74) is 1.61. The SMILES string of the molecule is Cc1ccc(-n2ncc(NCC3CN(C)CCO3)c(Cl)c2=O)cc1Cl. The van der Waals surface area contributed by atoms with Crippen LogP contribution in [0.15, 0.2) is 29.2 Å². The Bertz CT molecular complexity index is 825. The summed E-state index contributed by atoms with van der Waals surface area (Å²) in [5.74, 6) is 0. The molecule has 0 amide bonds. The van der Waals surface area contributed by atoms with E-state index in [2.05, 4.69) is 22.4 Å². The van der Waals surface area contributed by atoms with Crippen molar-refractivity contribution in [2.45, 2.75) is 13.0 Å². The zero-order chi connectivity index (χ0) is 18.0. The van der Waals surface area contributed by atoms with Gasteiger partial charge in [0.15, 0.2) is 0 Å². The molecule has 6 nitrogen and oxygen atoms in total. The fourth-order valence-corrected chi connectivity index (χ4v) is 3.04. The third-order valence-corrected chi connectivity index (χ3v) is 4.95. The minimum Gasteiger partial charge on any atom is -0.380 e. The van der Waals surface area contributed by atoms with E-state index in [1.807, 2.05) is 13.0 Å². The number of aryl methyl sites for hydroxylation is 1. The second kappa shape index (κ2) is 7.74. The molecule has 3 rings (SSSR count). The number of nitrogens with zero attached hydrogens (tertiary/aromatic N) is 3. The lowest BCUT2D eigenvalue weighted by Gasteiger charge is -2.30. The van der Waals surface area contributed by atoms with Gasteiger partial charge in [-0.05, 0) is 31.7 Å². The molecule has 1 aliphatic heterocycles. The molecule has 1 fully saturated rings. The number of aromatic nitrogens is 2. The van der Waals surface area contributed by atoms with Crippen molar-refractivity contribution in [3.05, 3.63) is 50.4 Å². The van der Waals surface area contributed by atoms with Crippen molar-refractivity contribution >= 4 is 28.9 Å². The molecule has 25 heavy (non-hydrogen) atoms. The van der Waals surface area contributed by atoms with Crippen molar-refractivity contribution in [2.75, 3.05) is 38.6 Å². The Balaban J connectivity index is 1.78. The standard InChI is InChI=1S/C17H20Cl2N4O2/c1-11-3-4-12(7-14(11)18)23-17(24)16(19)15(9-21-23)20-8-13-10-22(2)5-6-25-13/h3-4,7,9,13,20H,5-6,8,10H2,1-2H3. The van der Waals surface area contributed by atoms with E-state index in [1.165, 1.54) is 4.68 Å². The minimum absolute atomic E-state index is 0.0492. The second-order valence-electron chi connectivity index (χ2n) is 6.16. The van der Waals surface area contributed by atoms with Crippen LogP contribution >= 0.6 is 23.2 Å². The molecule has 1 N–H and O–H groups in total. The van der Waals surface area contributed by atoms with E-state index in [9.17, 15) is 4.79 Å². The van der Waals surface area contributed by atoms with Gasteiger partial charge in [0.25, 0.3) is 5.56 Å². The number of halogens is 2. The smallest absolute Gasteiger partial charge is 0.292 e. The lowest BCUT2D eigenvalue weighted by molar-refractivity contribution is -0.0117. The maximum Gasteiger partial charge on any atom is 0.292 e. The van der Waals surface area contributed by atoms with E-state index in [1.54, 1.807) is 18.3 Å². The molecule has 2 aromatic rings. The van der Waals surface area contributed by atoms with Crippen molar-refractivity contribution in [1.29, 1.82) is 0 Å². The van der Waals surface area contributed by atoms with Gasteiger partial charge in [-0.2, -0.15) is 9.78 Å². The number of ether oxygens (including phenoxy) is 1. The molecular weight excluding hydrogens is 363 g/mol. The molecule has 0 aliphatic carbocycles. The predicted molar refractivity (Wildman–Crippen MR) is 100 cm³/mol. The molecular formula is C17H20Cl2N4O2. The van der Waals surface area contributed by atoms with Gasteiger partial charge in [0.05, 0.1) is 30.3 Å². The normalized spacial score (nSPS) is 18.3. The lowest BCUT2D eigenvalue weighted by atomic mass is 10.2. The van der Waals surface area contributed by atoms with Gasteiger partial charge in [-0.1, -0.05) is 29.3 Å². The van der Waals surface area contributed by atoms with Crippen LogP contribution in [0, 0.1) is 6.92 Å². The highest BCUT2D eigenvalue weighted by Gasteiger charge is 2.18. The fourth-order valence-electron chi connectivity index (χ4n) is 2.67. The molecule has 1 aliphatic rings. The van der Waals surface area contributed by atoms with Crippen LogP contribution < -0.4 is 10.9 Å². The average Bonchev–Trinajstić information content (AvgIpc) is 2.59. The third kappa shape index (κ3) is 4.15. The summed E-state index contributed by atoms with van der Waals surface area (Å²) in [7, 11) is 2.05. The van der Waals surface area contributed by atoms with Gasteiger partial charge in [-0.25, -0.2) is 0 Å². The first-order valence-electron chi connectivity index (χ1n) is 8.04. The summed E-state index contributed by atoms with van der Waals surface area (Å²) in [6, 6.07) is 5.31. The van der Waals surface area contributed by atoms with Gasteiger partial charge in [0.2, 0.25) is 0 Å². The number of anilines is 1. The van der Waals surface area contributed by atoms with E-state index in [4.69, 9.17) is 27.9 Å². The van der Waals surface area contributed by atoms with Crippen LogP contribution in [0.25, 0.3) is 5.69 Å². The Morgan fingerprint density at radius 2 is 2.20 bits per heavy atom. The van der Waals surface area contributed by atoms with Crippen LogP contribution in [0.2, 0.25) is 10.0 Å². The van der Waals surface area contributed by atoms with Gasteiger partial charge in [0, 0.05) is 24.7 Å². The summed E-state index contributed by atoms with van der Waals surface area (Å²) < 4.78 is 6.93. The van der Waals surface area contributed by atoms with Gasteiger partial charge in [0.1, 0.15) is 5.02 Å². The van der Waals surface area contributed by atoms with E-state index >= 15 is 0 Å². The van der Waals surface area contributed by atoms with E-state index in [0.29, 0.717) is 29.5 Å². The summed E-state index contributed by atoms with van der Waals surface area (Å²) in [4.78, 5) is 14.7. The van der Waals surface area contributed by atoms with E-state index in [-0.39, 0.29) is 11.1 Å². The molecule has 0 spiro atoms. The Morgan fingerprint density at radius 3 is 2.92 bits per heavy atom. The molecule has 1 atom stereocenters. The quantitative estimate of drug-likeness (QED) is 0.880. The van der Waals surface area contributed by atoms with Crippen LogP contribution in [0.1, 0.15) is 5.56 Å². The number of likely N-dealkylation sites (N-methyl/N-ethyl adjacent to an activating group) is 1. The number of benzene rings is 1. The van der Waals surface area contributed by atoms with Crippen LogP contribution in [-0.2, 0) is 4.74 Å². The van der Waals surface area contributed by atoms with Gasteiger partial charge < -0.3 is 15.0 Å². The van der Waals surface area contributed by atoms with Crippen LogP contribution in [-0.4, -0.2) is 54.1 Å². The highest BCUT2D eigenvalue weighted by atomic mass is 35.5. The highest BCUT2D eigenvalue weighted by molar-refractivity contribution is 6.33. The largest absolute Gasteiger partial charge is 0.380 e. The summed E-state index contributed by atoms with van der Waals surface area (Å²) in [5, 5.41) is 8.03. The average molecular weight is 383 g/mol. The van der Waals surface area contributed by atoms with Crippen molar-refractivity contribution in [2.24, 2.45) is 0 Å². The number of hydrogen-bond donors (Lipinski definition) is 1. The first kappa shape index (κ1) is 18.2. The summed E-state index contributed by atoms with van der Waals surface area (Å²) in [6.45, 7) is 4.91. The first-order valence-corrected chi connectivity index (χ1v) is 8.79. The van der Waals surface area contributed by atoms with Crippen LogP contribution in [0.3, 0.4) is 0 Å². The Labute approximate surface area is 156 Å². The number of rotatable bonds is 4. The molecule has 134 valence electrons. The van der Waals surface area contributed by atoms with Gasteiger partial charge >= 0.3 is 0 Å². The Hall–Kier alpha value is -1.60. The number of hydrogen-bond acceptors (Lipinski definition) is 5. The zero-order valence-corrected chi connectivity index (χ0v) is 15.6. The fraction of sp³-hybridized carbons (Fsp3) is 0.412. The van der Waals surface area contributed by atoms with Crippen LogP contribution in [0.4, 0.5) is 5.69 Å². The maximum absolute atomic E-state index is 12.5. The van der Waals surface area contributed by atoms with Crippen molar-refractivity contribution in [3.63, 3.8) is 0 Å². The maximum atomic E-state index is 12.5. The summed E-state index contributed by atoms with van der Waals surface area (Å²) >= 11 is 12.4. The first-order chi connectivity index (χ1) is 12.0.